The van der Waals surface area contributed by atoms with E-state index in [1.165, 1.54) is 0 Å². The lowest BCUT2D eigenvalue weighted by Gasteiger charge is -2.46. The van der Waals surface area contributed by atoms with Crippen LogP contribution in [0.5, 0.6) is 11.5 Å². The van der Waals surface area contributed by atoms with Crippen LogP contribution >= 0.6 is 0 Å². The van der Waals surface area contributed by atoms with Crippen LogP contribution < -0.4 is 20.4 Å². The van der Waals surface area contributed by atoms with E-state index in [2.05, 4.69) is 30.4 Å². The van der Waals surface area contributed by atoms with Gasteiger partial charge in [-0.05, 0) is 48.5 Å². The van der Waals surface area contributed by atoms with Crippen molar-refractivity contribution in [3.05, 3.63) is 107 Å². The summed E-state index contributed by atoms with van der Waals surface area (Å²) in [6.07, 6.45) is 3.58. The van der Waals surface area contributed by atoms with Gasteiger partial charge < -0.3 is 30.6 Å². The highest BCUT2D eigenvalue weighted by Gasteiger charge is 2.33. The van der Waals surface area contributed by atoms with Crippen LogP contribution in [0.3, 0.4) is 0 Å². The Labute approximate surface area is 216 Å². The smallest absolute Gasteiger partial charge is 0.120 e. The monoisotopic (exact) mass is 494 g/mol. The maximum atomic E-state index is 10.8. The Kier molecular flexibility index (Phi) is 6.34. The molecular formula is C29H30N6O2. The molecule has 0 saturated carbocycles. The molecule has 8 heteroatoms. The third kappa shape index (κ3) is 4.69. The zero-order valence-electron chi connectivity index (χ0n) is 20.6. The van der Waals surface area contributed by atoms with Crippen molar-refractivity contribution in [1.29, 1.82) is 0 Å². The number of phenols is 2. The number of rotatable bonds is 8. The van der Waals surface area contributed by atoms with E-state index in [4.69, 9.17) is 0 Å². The summed E-state index contributed by atoms with van der Waals surface area (Å²) in [6, 6.07) is 19.4. The Balaban J connectivity index is 1.23. The van der Waals surface area contributed by atoms with Gasteiger partial charge in [0.25, 0.3) is 0 Å². The maximum Gasteiger partial charge on any atom is 0.120 e. The average Bonchev–Trinajstić information content (AvgIpc) is 2.92. The van der Waals surface area contributed by atoms with Gasteiger partial charge in [0.15, 0.2) is 0 Å². The molecule has 2 bridgehead atoms. The molecule has 0 amide bonds. The standard InChI is InChI=1S/C29H30N6O2/c36-28-9-7-26-24(22(28)15-30-13-20-5-1-3-11-32-20)17-34-19-35(26)18-25-23(29(37)10-8-27(25)34)16-31-14-21-6-2-4-12-33-21/h1-12,30-31,36-37H,13-19H2. The second-order valence-electron chi connectivity index (χ2n) is 9.51. The zero-order chi connectivity index (χ0) is 25.2. The first-order valence-corrected chi connectivity index (χ1v) is 12.6. The molecular weight excluding hydrogens is 464 g/mol. The summed E-state index contributed by atoms with van der Waals surface area (Å²) in [5.74, 6) is 0.611. The quantitative estimate of drug-likeness (QED) is 0.294. The second kappa shape index (κ2) is 10.1. The molecule has 0 saturated heterocycles. The van der Waals surface area contributed by atoms with E-state index >= 15 is 0 Å². The van der Waals surface area contributed by atoms with Gasteiger partial charge in [-0.15, -0.1) is 0 Å². The Morgan fingerprint density at radius 2 is 1.11 bits per heavy atom. The van der Waals surface area contributed by atoms with Crippen LogP contribution in [0.1, 0.15) is 33.6 Å². The predicted octanol–water partition coefficient (Wildman–Crippen LogP) is 3.77. The topological polar surface area (TPSA) is 96.8 Å². The van der Waals surface area contributed by atoms with Crippen LogP contribution in [0.25, 0.3) is 0 Å². The van der Waals surface area contributed by atoms with Gasteiger partial charge in [0, 0.05) is 85.3 Å². The molecule has 0 radical (unpaired) electrons. The minimum atomic E-state index is 0.306. The summed E-state index contributed by atoms with van der Waals surface area (Å²) in [5, 5.41) is 28.4. The predicted molar refractivity (Wildman–Crippen MR) is 143 cm³/mol. The van der Waals surface area contributed by atoms with Crippen molar-refractivity contribution in [1.82, 2.24) is 20.6 Å². The van der Waals surface area contributed by atoms with Crippen molar-refractivity contribution in [2.45, 2.75) is 39.3 Å². The highest BCUT2D eigenvalue weighted by atomic mass is 16.3. The number of phenolic OH excluding ortho intramolecular Hbond substituents is 2. The first-order chi connectivity index (χ1) is 18.2. The SMILES string of the molecule is Oc1ccc2c(c1CNCc1ccccn1)CN1CN2Cc2c1ccc(O)c2CNCc1ccccn1. The highest BCUT2D eigenvalue weighted by Crippen LogP contribution is 2.43. The molecule has 2 aromatic carbocycles. The van der Waals surface area contributed by atoms with Crippen molar-refractivity contribution in [3.8, 4) is 11.5 Å². The first-order valence-electron chi connectivity index (χ1n) is 12.6. The van der Waals surface area contributed by atoms with Gasteiger partial charge in [-0.1, -0.05) is 12.1 Å². The summed E-state index contributed by atoms with van der Waals surface area (Å²) in [7, 11) is 0. The summed E-state index contributed by atoms with van der Waals surface area (Å²) < 4.78 is 0. The molecule has 8 nitrogen and oxygen atoms in total. The fraction of sp³-hybridized carbons (Fsp3) is 0.241. The Morgan fingerprint density at radius 1 is 0.622 bits per heavy atom. The lowest BCUT2D eigenvalue weighted by atomic mass is 9.94. The van der Waals surface area contributed by atoms with Gasteiger partial charge in [0.1, 0.15) is 11.5 Å². The lowest BCUT2D eigenvalue weighted by molar-refractivity contribution is 0.459. The van der Waals surface area contributed by atoms with Crippen LogP contribution in [-0.2, 0) is 39.3 Å². The number of hydrogen-bond donors (Lipinski definition) is 4. The minimum Gasteiger partial charge on any atom is -0.508 e. The largest absolute Gasteiger partial charge is 0.508 e. The fourth-order valence-electron chi connectivity index (χ4n) is 5.32. The van der Waals surface area contributed by atoms with Crippen LogP contribution in [0.15, 0.2) is 73.1 Å². The number of anilines is 2. The maximum absolute atomic E-state index is 10.8. The summed E-state index contributed by atoms with van der Waals surface area (Å²) in [5.41, 5.74) is 8.30. The van der Waals surface area contributed by atoms with E-state index in [9.17, 15) is 10.2 Å². The van der Waals surface area contributed by atoms with Crippen LogP contribution in [-0.4, -0.2) is 26.8 Å². The van der Waals surface area contributed by atoms with Gasteiger partial charge in [-0.25, -0.2) is 0 Å². The summed E-state index contributed by atoms with van der Waals surface area (Å²) in [4.78, 5) is 13.4. The molecule has 4 aromatic rings. The van der Waals surface area contributed by atoms with Crippen LogP contribution in [0.4, 0.5) is 11.4 Å². The Hall–Kier alpha value is -4.14. The van der Waals surface area contributed by atoms with Crippen molar-refractivity contribution in [3.63, 3.8) is 0 Å². The van der Waals surface area contributed by atoms with E-state index in [-0.39, 0.29) is 0 Å². The molecule has 4 heterocycles. The van der Waals surface area contributed by atoms with Crippen molar-refractivity contribution in [2.75, 3.05) is 16.5 Å². The molecule has 37 heavy (non-hydrogen) atoms. The number of hydrogen-bond acceptors (Lipinski definition) is 8. The molecule has 0 aliphatic carbocycles. The highest BCUT2D eigenvalue weighted by molar-refractivity contribution is 5.72. The Bertz CT molecular complexity index is 1290. The van der Waals surface area contributed by atoms with E-state index < -0.39 is 0 Å². The van der Waals surface area contributed by atoms with Gasteiger partial charge in [-0.3, -0.25) is 9.97 Å². The lowest BCUT2D eigenvalue weighted by Crippen LogP contribution is -2.47. The third-order valence-electron chi connectivity index (χ3n) is 7.15. The molecule has 188 valence electrons. The van der Waals surface area contributed by atoms with E-state index in [0.717, 1.165) is 51.7 Å². The fourth-order valence-corrected chi connectivity index (χ4v) is 5.32. The molecule has 2 aliphatic heterocycles. The molecule has 2 aliphatic rings. The number of aromatic nitrogens is 2. The molecule has 0 fully saturated rings. The van der Waals surface area contributed by atoms with Gasteiger partial charge >= 0.3 is 0 Å². The van der Waals surface area contributed by atoms with Gasteiger partial charge in [0.2, 0.25) is 0 Å². The van der Waals surface area contributed by atoms with Gasteiger partial charge in [0.05, 0.1) is 18.1 Å². The number of fused-ring (bicyclic) bond motifs is 6. The summed E-state index contributed by atoms with van der Waals surface area (Å²) >= 11 is 0. The number of benzene rings is 2. The molecule has 2 aromatic heterocycles. The van der Waals surface area contributed by atoms with E-state index in [1.807, 2.05) is 48.5 Å². The molecule has 6 rings (SSSR count). The Morgan fingerprint density at radius 3 is 1.54 bits per heavy atom. The van der Waals surface area contributed by atoms with Crippen molar-refractivity contribution < 1.29 is 10.2 Å². The van der Waals surface area contributed by atoms with Crippen LogP contribution in [0.2, 0.25) is 0 Å². The first kappa shape index (κ1) is 23.3. The van der Waals surface area contributed by atoms with E-state index in [1.54, 1.807) is 24.5 Å². The zero-order valence-corrected chi connectivity index (χ0v) is 20.6. The number of nitrogens with zero attached hydrogens (tertiary/aromatic N) is 4. The van der Waals surface area contributed by atoms with Crippen molar-refractivity contribution >= 4 is 11.4 Å². The number of nitrogens with one attached hydrogen (secondary N) is 2. The van der Waals surface area contributed by atoms with E-state index in [0.29, 0.717) is 50.8 Å². The third-order valence-corrected chi connectivity index (χ3v) is 7.15. The average molecular weight is 495 g/mol. The van der Waals surface area contributed by atoms with Crippen molar-refractivity contribution in [2.24, 2.45) is 0 Å². The molecule has 0 unspecified atom stereocenters. The number of aromatic hydroxyl groups is 2. The minimum absolute atomic E-state index is 0.306. The molecule has 4 N–H and O–H groups in total. The number of pyridine rings is 2. The van der Waals surface area contributed by atoms with Crippen LogP contribution in [0, 0.1) is 0 Å². The normalized spacial score (nSPS) is 13.8. The second-order valence-corrected chi connectivity index (χ2v) is 9.51. The molecule has 0 spiro atoms. The van der Waals surface area contributed by atoms with Gasteiger partial charge in [-0.2, -0.15) is 0 Å². The molecule has 0 atom stereocenters. The summed E-state index contributed by atoms with van der Waals surface area (Å²) in [6.45, 7) is 4.54.